The van der Waals surface area contributed by atoms with E-state index in [1.807, 2.05) is 55.5 Å². The summed E-state index contributed by atoms with van der Waals surface area (Å²) >= 11 is 0. The van der Waals surface area contributed by atoms with Crippen LogP contribution in [0.4, 0.5) is 0 Å². The SMILES string of the molecule is CCOC(=O)c1c(O[C@H]2CO[C@H]3[C@@H]2OC[C@@H]3O)c2ccccc2n(Cc2ccc(C)cc2)c1=O. The van der Waals surface area contributed by atoms with Crippen LogP contribution in [0.5, 0.6) is 5.75 Å². The highest BCUT2D eigenvalue weighted by atomic mass is 16.6. The highest BCUT2D eigenvalue weighted by molar-refractivity contribution is 6.00. The van der Waals surface area contributed by atoms with Crippen LogP contribution in [0.3, 0.4) is 0 Å². The summed E-state index contributed by atoms with van der Waals surface area (Å²) in [5.41, 5.74) is 2.04. The smallest absolute Gasteiger partial charge is 0.347 e. The zero-order valence-electron chi connectivity index (χ0n) is 19.1. The second-order valence-corrected chi connectivity index (χ2v) is 8.64. The fraction of sp³-hybridized carbons (Fsp3) is 0.385. The van der Waals surface area contributed by atoms with Gasteiger partial charge in [-0.3, -0.25) is 4.79 Å². The van der Waals surface area contributed by atoms with E-state index in [-0.39, 0.29) is 31.1 Å². The molecule has 8 heteroatoms. The van der Waals surface area contributed by atoms with Gasteiger partial charge in [0.2, 0.25) is 0 Å². The molecule has 2 aliphatic heterocycles. The zero-order valence-corrected chi connectivity index (χ0v) is 19.1. The minimum Gasteiger partial charge on any atom is -0.483 e. The summed E-state index contributed by atoms with van der Waals surface area (Å²) in [6.07, 6.45) is -2.29. The van der Waals surface area contributed by atoms with Gasteiger partial charge >= 0.3 is 5.97 Å². The average molecular weight is 466 g/mol. The molecule has 0 radical (unpaired) electrons. The van der Waals surface area contributed by atoms with Crippen LogP contribution in [-0.4, -0.2) is 59.9 Å². The number of carbonyl (C=O) groups is 1. The van der Waals surface area contributed by atoms with Crippen molar-refractivity contribution in [1.82, 2.24) is 4.57 Å². The Morgan fingerprint density at radius 1 is 1.09 bits per heavy atom. The number of aromatic nitrogens is 1. The van der Waals surface area contributed by atoms with Gasteiger partial charge in [0.05, 0.1) is 31.9 Å². The van der Waals surface area contributed by atoms with E-state index in [4.69, 9.17) is 18.9 Å². The van der Waals surface area contributed by atoms with Crippen LogP contribution >= 0.6 is 0 Å². The Balaban J connectivity index is 1.64. The number of hydrogen-bond donors (Lipinski definition) is 1. The summed E-state index contributed by atoms with van der Waals surface area (Å²) in [4.78, 5) is 26.7. The Morgan fingerprint density at radius 2 is 1.82 bits per heavy atom. The Labute approximate surface area is 196 Å². The molecule has 178 valence electrons. The maximum absolute atomic E-state index is 13.7. The number of benzene rings is 2. The number of hydrogen-bond acceptors (Lipinski definition) is 7. The molecule has 2 aliphatic rings. The van der Waals surface area contributed by atoms with Gasteiger partial charge in [0.1, 0.15) is 24.1 Å². The topological polar surface area (TPSA) is 96.2 Å². The minimum absolute atomic E-state index is 0.120. The Morgan fingerprint density at radius 3 is 2.59 bits per heavy atom. The lowest BCUT2D eigenvalue weighted by atomic mass is 10.1. The first kappa shape index (κ1) is 22.6. The molecule has 4 atom stereocenters. The van der Waals surface area contributed by atoms with Gasteiger partial charge in [-0.15, -0.1) is 0 Å². The molecule has 5 rings (SSSR count). The molecule has 3 heterocycles. The first-order valence-corrected chi connectivity index (χ1v) is 11.4. The van der Waals surface area contributed by atoms with E-state index in [2.05, 4.69) is 0 Å². The van der Waals surface area contributed by atoms with Crippen LogP contribution in [0.2, 0.25) is 0 Å². The number of para-hydroxylation sites is 1. The highest BCUT2D eigenvalue weighted by Crippen LogP contribution is 2.34. The van der Waals surface area contributed by atoms with E-state index in [0.717, 1.165) is 11.1 Å². The first-order chi connectivity index (χ1) is 16.5. The summed E-state index contributed by atoms with van der Waals surface area (Å²) in [5.74, 6) is -0.591. The van der Waals surface area contributed by atoms with Crippen LogP contribution in [0.1, 0.15) is 28.4 Å². The molecular formula is C26H27NO7. The number of esters is 1. The van der Waals surface area contributed by atoms with E-state index in [1.54, 1.807) is 11.5 Å². The second-order valence-electron chi connectivity index (χ2n) is 8.64. The highest BCUT2D eigenvalue weighted by Gasteiger charge is 2.49. The number of rotatable bonds is 6. The van der Waals surface area contributed by atoms with Crippen molar-refractivity contribution >= 4 is 16.9 Å². The van der Waals surface area contributed by atoms with E-state index in [9.17, 15) is 14.7 Å². The third-order valence-corrected chi connectivity index (χ3v) is 6.32. The summed E-state index contributed by atoms with van der Waals surface area (Å²) in [7, 11) is 0. The van der Waals surface area contributed by atoms with Gasteiger partial charge in [0, 0.05) is 5.39 Å². The third kappa shape index (κ3) is 3.98. The van der Waals surface area contributed by atoms with Crippen molar-refractivity contribution in [2.45, 2.75) is 44.8 Å². The predicted octanol–water partition coefficient (Wildman–Crippen LogP) is 2.44. The predicted molar refractivity (Wildman–Crippen MR) is 124 cm³/mol. The van der Waals surface area contributed by atoms with Crippen LogP contribution in [-0.2, 0) is 20.8 Å². The monoisotopic (exact) mass is 465 g/mol. The Kier molecular flexibility index (Phi) is 6.12. The molecule has 0 bridgehead atoms. The summed E-state index contributed by atoms with van der Waals surface area (Å²) in [6.45, 7) is 4.43. The van der Waals surface area contributed by atoms with Crippen LogP contribution < -0.4 is 10.3 Å². The van der Waals surface area contributed by atoms with E-state index in [0.29, 0.717) is 17.4 Å². The average Bonchev–Trinajstić information content (AvgIpc) is 3.41. The van der Waals surface area contributed by atoms with Gasteiger partial charge in [-0.1, -0.05) is 42.0 Å². The molecule has 3 aromatic rings. The fourth-order valence-corrected chi connectivity index (χ4v) is 4.61. The number of aliphatic hydroxyl groups excluding tert-OH is 1. The minimum atomic E-state index is -0.742. The normalized spacial score (nSPS) is 23.7. The van der Waals surface area contributed by atoms with Gasteiger partial charge in [-0.25, -0.2) is 4.79 Å². The van der Waals surface area contributed by atoms with Crippen molar-refractivity contribution in [3.8, 4) is 5.75 Å². The van der Waals surface area contributed by atoms with E-state index >= 15 is 0 Å². The van der Waals surface area contributed by atoms with Gasteiger partial charge in [0.15, 0.2) is 11.7 Å². The van der Waals surface area contributed by atoms with Crippen molar-refractivity contribution in [1.29, 1.82) is 0 Å². The van der Waals surface area contributed by atoms with Crippen molar-refractivity contribution in [3.63, 3.8) is 0 Å². The molecule has 34 heavy (non-hydrogen) atoms. The van der Waals surface area contributed by atoms with E-state index < -0.39 is 35.9 Å². The summed E-state index contributed by atoms with van der Waals surface area (Å²) in [6, 6.07) is 15.2. The van der Waals surface area contributed by atoms with Gasteiger partial charge in [-0.2, -0.15) is 0 Å². The van der Waals surface area contributed by atoms with Crippen molar-refractivity contribution < 1.29 is 28.8 Å². The third-order valence-electron chi connectivity index (χ3n) is 6.32. The van der Waals surface area contributed by atoms with Crippen LogP contribution in [0, 0.1) is 6.92 Å². The molecule has 0 saturated carbocycles. The summed E-state index contributed by atoms with van der Waals surface area (Å²) in [5, 5.41) is 10.7. The lowest BCUT2D eigenvalue weighted by Crippen LogP contribution is -2.36. The zero-order chi connectivity index (χ0) is 23.8. The quantitative estimate of drug-likeness (QED) is 0.559. The maximum Gasteiger partial charge on any atom is 0.347 e. The molecule has 2 aromatic carbocycles. The lowest BCUT2D eigenvalue weighted by Gasteiger charge is -2.22. The van der Waals surface area contributed by atoms with Gasteiger partial charge < -0.3 is 28.6 Å². The summed E-state index contributed by atoms with van der Waals surface area (Å²) < 4.78 is 24.5. The van der Waals surface area contributed by atoms with Crippen molar-refractivity contribution in [3.05, 3.63) is 75.6 Å². The number of carbonyl (C=O) groups excluding carboxylic acids is 1. The Bertz CT molecular complexity index is 1270. The molecule has 2 saturated heterocycles. The molecule has 0 aliphatic carbocycles. The van der Waals surface area contributed by atoms with Gasteiger partial charge in [0.25, 0.3) is 5.56 Å². The number of ether oxygens (including phenoxy) is 4. The molecule has 8 nitrogen and oxygen atoms in total. The maximum atomic E-state index is 13.7. The van der Waals surface area contributed by atoms with Crippen LogP contribution in [0.15, 0.2) is 53.3 Å². The molecule has 0 amide bonds. The number of aliphatic hydroxyl groups is 1. The second kappa shape index (κ2) is 9.21. The van der Waals surface area contributed by atoms with E-state index in [1.165, 1.54) is 0 Å². The molecule has 0 unspecified atom stereocenters. The Hall–Kier alpha value is -3.20. The van der Waals surface area contributed by atoms with Crippen LogP contribution in [0.25, 0.3) is 10.9 Å². The number of nitrogens with zero attached hydrogens (tertiary/aromatic N) is 1. The lowest BCUT2D eigenvalue weighted by molar-refractivity contribution is 0.00847. The first-order valence-electron chi connectivity index (χ1n) is 11.4. The standard InChI is InChI=1S/C26H27NO7/c1-3-31-26(30)21-22(34-20-14-33-23-19(28)13-32-24(20)23)17-6-4-5-7-18(17)27(25(21)29)12-16-10-8-15(2)9-11-16/h4-11,19-20,23-24,28H,3,12-14H2,1-2H3/t19-,20-,23+,24+/m0/s1. The number of aryl methyl sites for hydroxylation is 1. The molecule has 1 N–H and O–H groups in total. The van der Waals surface area contributed by atoms with Crippen molar-refractivity contribution in [2.24, 2.45) is 0 Å². The number of pyridine rings is 1. The molecule has 0 spiro atoms. The molecular weight excluding hydrogens is 438 g/mol. The fourth-order valence-electron chi connectivity index (χ4n) is 4.61. The molecule has 2 fully saturated rings. The number of fused-ring (bicyclic) bond motifs is 2. The molecule has 1 aromatic heterocycles. The van der Waals surface area contributed by atoms with Gasteiger partial charge in [-0.05, 0) is 31.5 Å². The van der Waals surface area contributed by atoms with Crippen molar-refractivity contribution in [2.75, 3.05) is 19.8 Å². The largest absolute Gasteiger partial charge is 0.483 e.